The summed E-state index contributed by atoms with van der Waals surface area (Å²) in [5.41, 5.74) is 2.98. The first kappa shape index (κ1) is 7.02. The summed E-state index contributed by atoms with van der Waals surface area (Å²) in [6.45, 7) is 6.62. The van der Waals surface area contributed by atoms with Gasteiger partial charge in [-0.3, -0.25) is 0 Å². The van der Waals surface area contributed by atoms with Crippen LogP contribution in [0.1, 0.15) is 27.2 Å². The predicted molar refractivity (Wildman–Crippen MR) is 43.7 cm³/mol. The summed E-state index contributed by atoms with van der Waals surface area (Å²) in [6.07, 6.45) is 1.21. The molecule has 0 aromatic carbocycles. The molecular formula is C8H12P. The second-order valence-corrected chi connectivity index (χ2v) is 3.42. The van der Waals surface area contributed by atoms with E-state index in [1.54, 1.807) is 5.31 Å². The Hall–Kier alpha value is -0.0900. The molecule has 0 saturated carbocycles. The van der Waals surface area contributed by atoms with Gasteiger partial charge in [-0.2, -0.15) is 0 Å². The highest BCUT2D eigenvalue weighted by atomic mass is 31.1. The summed E-state index contributed by atoms with van der Waals surface area (Å²) in [7, 11) is 1.43. The number of allylic oxidation sites excluding steroid dienone is 3. The zero-order valence-corrected chi connectivity index (χ0v) is 7.13. The van der Waals surface area contributed by atoms with Crippen LogP contribution in [-0.4, -0.2) is 0 Å². The normalized spacial score (nSPS) is 21.4. The summed E-state index contributed by atoms with van der Waals surface area (Å²) >= 11 is 0. The zero-order chi connectivity index (χ0) is 6.85. The molecule has 0 aliphatic carbocycles. The van der Waals surface area contributed by atoms with E-state index in [1.807, 2.05) is 0 Å². The SMILES string of the molecule is CCC1=C(C)C(C)=C[P]1. The molecule has 1 heteroatoms. The van der Waals surface area contributed by atoms with Crippen molar-refractivity contribution < 1.29 is 0 Å². The molecule has 0 aromatic rings. The van der Waals surface area contributed by atoms with Gasteiger partial charge in [0.15, 0.2) is 0 Å². The molecule has 0 amide bonds. The second-order valence-electron chi connectivity index (χ2n) is 2.37. The van der Waals surface area contributed by atoms with E-state index in [0.29, 0.717) is 0 Å². The molecule has 0 aromatic heterocycles. The van der Waals surface area contributed by atoms with Gasteiger partial charge in [-0.15, -0.1) is 0 Å². The molecule has 1 radical (unpaired) electrons. The Morgan fingerprint density at radius 1 is 1.44 bits per heavy atom. The van der Waals surface area contributed by atoms with Gasteiger partial charge in [0.1, 0.15) is 0 Å². The van der Waals surface area contributed by atoms with Crippen LogP contribution in [0.15, 0.2) is 22.3 Å². The van der Waals surface area contributed by atoms with E-state index in [4.69, 9.17) is 0 Å². The highest BCUT2D eigenvalue weighted by Gasteiger charge is 2.07. The zero-order valence-electron chi connectivity index (χ0n) is 6.23. The van der Waals surface area contributed by atoms with Crippen LogP contribution in [0.2, 0.25) is 0 Å². The van der Waals surface area contributed by atoms with E-state index in [-0.39, 0.29) is 0 Å². The Bertz CT molecular complexity index is 175. The molecule has 1 aliphatic heterocycles. The van der Waals surface area contributed by atoms with Crippen LogP contribution in [0.25, 0.3) is 0 Å². The van der Waals surface area contributed by atoms with E-state index >= 15 is 0 Å². The van der Waals surface area contributed by atoms with Gasteiger partial charge >= 0.3 is 0 Å². The molecule has 0 bridgehead atoms. The standard InChI is InChI=1S/C8H12P/c1-4-8-7(3)6(2)5-9-8/h5H,4H2,1-3H3. The molecule has 0 N–H and O–H groups in total. The Morgan fingerprint density at radius 2 is 2.11 bits per heavy atom. The van der Waals surface area contributed by atoms with Crippen molar-refractivity contribution in [3.63, 3.8) is 0 Å². The third-order valence-electron chi connectivity index (χ3n) is 1.77. The molecule has 0 saturated heterocycles. The van der Waals surface area contributed by atoms with Gasteiger partial charge in [-0.25, -0.2) is 0 Å². The first-order chi connectivity index (χ1) is 4.25. The van der Waals surface area contributed by atoms with Gasteiger partial charge in [-0.05, 0) is 51.1 Å². The van der Waals surface area contributed by atoms with Crippen molar-refractivity contribution in [2.75, 3.05) is 0 Å². The number of hydrogen-bond acceptors (Lipinski definition) is 0. The van der Waals surface area contributed by atoms with Gasteiger partial charge in [0.2, 0.25) is 0 Å². The maximum Gasteiger partial charge on any atom is -0.0219 e. The van der Waals surface area contributed by atoms with Crippen LogP contribution in [0.3, 0.4) is 0 Å². The molecule has 0 fully saturated rings. The minimum atomic E-state index is 1.21. The van der Waals surface area contributed by atoms with Crippen molar-refractivity contribution in [2.45, 2.75) is 27.2 Å². The molecule has 9 heavy (non-hydrogen) atoms. The van der Waals surface area contributed by atoms with Gasteiger partial charge in [0.25, 0.3) is 0 Å². The van der Waals surface area contributed by atoms with Crippen molar-refractivity contribution in [1.82, 2.24) is 0 Å². The predicted octanol–water partition coefficient (Wildman–Crippen LogP) is 3.53. The lowest BCUT2D eigenvalue weighted by molar-refractivity contribution is 1.16. The highest BCUT2D eigenvalue weighted by molar-refractivity contribution is 7.47. The average molecular weight is 139 g/mol. The quantitative estimate of drug-likeness (QED) is 0.487. The van der Waals surface area contributed by atoms with Crippen molar-refractivity contribution in [3.05, 3.63) is 22.3 Å². The fourth-order valence-corrected chi connectivity index (χ4v) is 2.05. The van der Waals surface area contributed by atoms with Gasteiger partial charge < -0.3 is 0 Å². The third-order valence-corrected chi connectivity index (χ3v) is 3.25. The van der Waals surface area contributed by atoms with E-state index in [2.05, 4.69) is 26.6 Å². The first-order valence-electron chi connectivity index (χ1n) is 3.33. The lowest BCUT2D eigenvalue weighted by atomic mass is 10.1. The van der Waals surface area contributed by atoms with E-state index in [1.165, 1.54) is 26.1 Å². The van der Waals surface area contributed by atoms with Crippen molar-refractivity contribution in [1.29, 1.82) is 0 Å². The maximum atomic E-state index is 2.29. The Kier molecular flexibility index (Phi) is 2.08. The van der Waals surface area contributed by atoms with Gasteiger partial charge in [0, 0.05) is 0 Å². The van der Waals surface area contributed by atoms with Crippen LogP contribution < -0.4 is 0 Å². The molecule has 0 nitrogen and oxygen atoms in total. The largest absolute Gasteiger partial charge is 0.0612 e. The molecule has 0 unspecified atom stereocenters. The Labute approximate surface area is 58.8 Å². The Morgan fingerprint density at radius 3 is 2.33 bits per heavy atom. The minimum absolute atomic E-state index is 1.21. The third kappa shape index (κ3) is 1.24. The number of hydrogen-bond donors (Lipinski definition) is 0. The van der Waals surface area contributed by atoms with Crippen molar-refractivity contribution in [3.8, 4) is 0 Å². The fraction of sp³-hybridized carbons (Fsp3) is 0.500. The van der Waals surface area contributed by atoms with E-state index < -0.39 is 0 Å². The summed E-state index contributed by atoms with van der Waals surface area (Å²) in [6, 6.07) is 0. The van der Waals surface area contributed by atoms with Gasteiger partial charge in [-0.1, -0.05) is 6.92 Å². The summed E-state index contributed by atoms with van der Waals surface area (Å²) < 4.78 is 0. The fourth-order valence-electron chi connectivity index (χ4n) is 0.952. The first-order valence-corrected chi connectivity index (χ1v) is 4.29. The highest BCUT2D eigenvalue weighted by Crippen LogP contribution is 2.40. The molecule has 1 rings (SSSR count). The van der Waals surface area contributed by atoms with E-state index in [9.17, 15) is 0 Å². The molecule has 1 heterocycles. The molecule has 49 valence electrons. The lowest BCUT2D eigenvalue weighted by Gasteiger charge is -1.97. The average Bonchev–Trinajstić information content (AvgIpc) is 2.15. The second kappa shape index (κ2) is 2.66. The summed E-state index contributed by atoms with van der Waals surface area (Å²) in [5, 5.41) is 1.59. The maximum absolute atomic E-state index is 2.29. The number of rotatable bonds is 1. The lowest BCUT2D eigenvalue weighted by Crippen LogP contribution is -1.75. The van der Waals surface area contributed by atoms with Crippen LogP contribution in [0, 0.1) is 0 Å². The summed E-state index contributed by atoms with van der Waals surface area (Å²) in [5.74, 6) is 2.29. The smallest absolute Gasteiger partial charge is 0.0219 e. The van der Waals surface area contributed by atoms with Crippen LogP contribution in [0.4, 0.5) is 0 Å². The van der Waals surface area contributed by atoms with E-state index in [0.717, 1.165) is 0 Å². The Balaban J connectivity index is 2.79. The minimum Gasteiger partial charge on any atom is -0.0612 e. The van der Waals surface area contributed by atoms with Crippen LogP contribution in [0.5, 0.6) is 0 Å². The monoisotopic (exact) mass is 139 g/mol. The molecular weight excluding hydrogens is 127 g/mol. The molecule has 0 atom stereocenters. The molecule has 0 spiro atoms. The molecule has 1 aliphatic rings. The van der Waals surface area contributed by atoms with Crippen LogP contribution >= 0.6 is 8.58 Å². The summed E-state index contributed by atoms with van der Waals surface area (Å²) in [4.78, 5) is 0. The topological polar surface area (TPSA) is 0 Å². The van der Waals surface area contributed by atoms with Crippen molar-refractivity contribution in [2.24, 2.45) is 0 Å². The van der Waals surface area contributed by atoms with Crippen molar-refractivity contribution >= 4 is 8.58 Å². The van der Waals surface area contributed by atoms with Gasteiger partial charge in [0.05, 0.1) is 0 Å². The van der Waals surface area contributed by atoms with Crippen LogP contribution in [-0.2, 0) is 0 Å².